The predicted molar refractivity (Wildman–Crippen MR) is 101 cm³/mol. The summed E-state index contributed by atoms with van der Waals surface area (Å²) in [6, 6.07) is 10.1. The van der Waals surface area contributed by atoms with E-state index in [0.717, 1.165) is 11.3 Å². The Kier molecular flexibility index (Phi) is 5.16. The lowest BCUT2D eigenvalue weighted by molar-refractivity contribution is -0.00461. The van der Waals surface area contributed by atoms with Gasteiger partial charge in [0.2, 0.25) is 0 Å². The fourth-order valence-corrected chi connectivity index (χ4v) is 3.70. The van der Waals surface area contributed by atoms with Gasteiger partial charge >= 0.3 is 0 Å². The van der Waals surface area contributed by atoms with Crippen LogP contribution in [0.4, 0.5) is 10.2 Å². The molecular formula is C21H22FN3O3. The average molecular weight is 383 g/mol. The number of anilines is 1. The number of aromatic nitrogens is 1. The van der Waals surface area contributed by atoms with Gasteiger partial charge in [0, 0.05) is 18.8 Å². The first kappa shape index (κ1) is 18.7. The molecule has 7 heteroatoms. The second kappa shape index (κ2) is 7.74. The molecule has 1 aromatic heterocycles. The number of rotatable bonds is 3. The van der Waals surface area contributed by atoms with E-state index in [1.165, 1.54) is 12.1 Å². The molecule has 146 valence electrons. The second-order valence-electron chi connectivity index (χ2n) is 7.23. The average Bonchev–Trinajstić information content (AvgIpc) is 2.99. The van der Waals surface area contributed by atoms with E-state index in [2.05, 4.69) is 16.0 Å². The summed E-state index contributed by atoms with van der Waals surface area (Å²) in [6.45, 7) is 5.85. The molecular weight excluding hydrogens is 361 g/mol. The number of nitrogens with zero attached hydrogens (tertiary/aromatic N) is 3. The zero-order valence-electron chi connectivity index (χ0n) is 15.9. The Bertz CT molecular complexity index is 881. The maximum Gasteiger partial charge on any atom is 0.147 e. The number of hydrogen-bond donors (Lipinski definition) is 0. The lowest BCUT2D eigenvalue weighted by Crippen LogP contribution is -2.30. The van der Waals surface area contributed by atoms with Gasteiger partial charge in [-0.1, -0.05) is 0 Å². The van der Waals surface area contributed by atoms with Gasteiger partial charge in [0.05, 0.1) is 18.8 Å². The molecule has 28 heavy (non-hydrogen) atoms. The Labute approximate surface area is 163 Å². The first-order valence-electron chi connectivity index (χ1n) is 9.32. The van der Waals surface area contributed by atoms with Gasteiger partial charge in [0.1, 0.15) is 41.8 Å². The zero-order valence-corrected chi connectivity index (χ0v) is 15.9. The Morgan fingerprint density at radius 1 is 1.14 bits per heavy atom. The Morgan fingerprint density at radius 2 is 1.79 bits per heavy atom. The molecule has 4 rings (SSSR count). The number of halogens is 1. The Morgan fingerprint density at radius 3 is 2.39 bits per heavy atom. The van der Waals surface area contributed by atoms with E-state index in [1.54, 1.807) is 12.1 Å². The number of ether oxygens (including phenoxy) is 3. The molecule has 0 aliphatic carbocycles. The van der Waals surface area contributed by atoms with Crippen LogP contribution in [0.5, 0.6) is 5.75 Å². The standard InChI is InChI=1S/C21H22FN3O3/c1-13-7-14(2)24-21(18(13)8-23)25-9-19-20(10-25)27-12-17(11-26-19)28-16-5-3-15(22)4-6-16/h3-7,17,19-20H,9-12H2,1-2H3/t19-,20-/m0/s1. The molecule has 2 fully saturated rings. The van der Waals surface area contributed by atoms with Crippen molar-refractivity contribution >= 4 is 5.82 Å². The third-order valence-corrected chi connectivity index (χ3v) is 5.06. The highest BCUT2D eigenvalue weighted by Crippen LogP contribution is 2.29. The smallest absolute Gasteiger partial charge is 0.147 e. The van der Waals surface area contributed by atoms with E-state index in [0.29, 0.717) is 43.4 Å². The summed E-state index contributed by atoms with van der Waals surface area (Å²) in [5, 5.41) is 9.53. The Balaban J connectivity index is 1.42. The topological polar surface area (TPSA) is 67.6 Å². The van der Waals surface area contributed by atoms with Crippen molar-refractivity contribution < 1.29 is 18.6 Å². The van der Waals surface area contributed by atoms with Crippen molar-refractivity contribution in [2.75, 3.05) is 31.2 Å². The van der Waals surface area contributed by atoms with E-state index in [1.807, 2.05) is 19.9 Å². The normalized spacial score (nSPS) is 22.4. The Hall–Kier alpha value is -2.69. The number of aryl methyl sites for hydroxylation is 2. The van der Waals surface area contributed by atoms with Crippen LogP contribution in [-0.4, -0.2) is 49.6 Å². The van der Waals surface area contributed by atoms with Crippen LogP contribution in [0.1, 0.15) is 16.8 Å². The van der Waals surface area contributed by atoms with Crippen LogP contribution in [0.3, 0.4) is 0 Å². The van der Waals surface area contributed by atoms with Crippen LogP contribution < -0.4 is 9.64 Å². The maximum absolute atomic E-state index is 13.0. The molecule has 0 N–H and O–H groups in total. The van der Waals surface area contributed by atoms with Crippen LogP contribution >= 0.6 is 0 Å². The SMILES string of the molecule is Cc1cc(C)c(C#N)c(N2C[C@@H]3OCC(Oc4ccc(F)cc4)CO[C@H]3C2)n1. The van der Waals surface area contributed by atoms with Crippen LogP contribution in [-0.2, 0) is 9.47 Å². The molecule has 3 heterocycles. The fourth-order valence-electron chi connectivity index (χ4n) is 3.70. The number of benzene rings is 1. The minimum atomic E-state index is -0.299. The summed E-state index contributed by atoms with van der Waals surface area (Å²) in [4.78, 5) is 6.65. The summed E-state index contributed by atoms with van der Waals surface area (Å²) < 4.78 is 31.0. The van der Waals surface area contributed by atoms with Crippen LogP contribution in [0.15, 0.2) is 30.3 Å². The van der Waals surface area contributed by atoms with Gasteiger partial charge in [-0.15, -0.1) is 0 Å². The van der Waals surface area contributed by atoms with E-state index in [-0.39, 0.29) is 24.1 Å². The first-order valence-corrected chi connectivity index (χ1v) is 9.32. The minimum Gasteiger partial charge on any atom is -0.486 e. The lowest BCUT2D eigenvalue weighted by atomic mass is 10.1. The van der Waals surface area contributed by atoms with Crippen molar-refractivity contribution in [1.82, 2.24) is 4.98 Å². The zero-order chi connectivity index (χ0) is 19.7. The van der Waals surface area contributed by atoms with Crippen molar-refractivity contribution in [3.8, 4) is 11.8 Å². The molecule has 2 aliphatic heterocycles. The molecule has 2 aliphatic rings. The largest absolute Gasteiger partial charge is 0.486 e. The lowest BCUT2D eigenvalue weighted by Gasteiger charge is -2.22. The number of fused-ring (bicyclic) bond motifs is 1. The summed E-state index contributed by atoms with van der Waals surface area (Å²) >= 11 is 0. The van der Waals surface area contributed by atoms with Crippen LogP contribution in [0.2, 0.25) is 0 Å². The van der Waals surface area contributed by atoms with E-state index in [4.69, 9.17) is 14.2 Å². The molecule has 2 aromatic rings. The van der Waals surface area contributed by atoms with Gasteiger partial charge in [0.25, 0.3) is 0 Å². The second-order valence-corrected chi connectivity index (χ2v) is 7.23. The minimum absolute atomic E-state index is 0.115. The summed E-state index contributed by atoms with van der Waals surface area (Å²) in [5.74, 6) is 0.983. The highest BCUT2D eigenvalue weighted by Gasteiger charge is 2.39. The summed E-state index contributed by atoms with van der Waals surface area (Å²) in [7, 11) is 0. The fraction of sp³-hybridized carbons (Fsp3) is 0.429. The first-order chi connectivity index (χ1) is 13.5. The van der Waals surface area contributed by atoms with Gasteiger partial charge in [-0.25, -0.2) is 9.37 Å². The quantitative estimate of drug-likeness (QED) is 0.812. The molecule has 0 amide bonds. The predicted octanol–water partition coefficient (Wildman–Crippen LogP) is 2.76. The van der Waals surface area contributed by atoms with Gasteiger partial charge in [-0.3, -0.25) is 0 Å². The van der Waals surface area contributed by atoms with Crippen LogP contribution in [0, 0.1) is 31.0 Å². The molecule has 0 bridgehead atoms. The van der Waals surface area contributed by atoms with Gasteiger partial charge in [-0.05, 0) is 49.7 Å². The molecule has 0 spiro atoms. The molecule has 1 aromatic carbocycles. The van der Waals surface area contributed by atoms with Gasteiger partial charge < -0.3 is 19.1 Å². The summed E-state index contributed by atoms with van der Waals surface area (Å²) in [6.07, 6.45) is -0.481. The number of nitriles is 1. The number of hydrogen-bond acceptors (Lipinski definition) is 6. The molecule has 0 radical (unpaired) electrons. The third-order valence-electron chi connectivity index (χ3n) is 5.06. The molecule has 6 nitrogen and oxygen atoms in total. The van der Waals surface area contributed by atoms with E-state index >= 15 is 0 Å². The molecule has 2 saturated heterocycles. The van der Waals surface area contributed by atoms with Crippen molar-refractivity contribution in [3.63, 3.8) is 0 Å². The van der Waals surface area contributed by atoms with E-state index in [9.17, 15) is 9.65 Å². The molecule has 2 atom stereocenters. The molecule has 0 unspecified atom stereocenters. The molecule has 0 saturated carbocycles. The monoisotopic (exact) mass is 383 g/mol. The van der Waals surface area contributed by atoms with Gasteiger partial charge in [-0.2, -0.15) is 5.26 Å². The van der Waals surface area contributed by atoms with Crippen molar-refractivity contribution in [2.45, 2.75) is 32.2 Å². The van der Waals surface area contributed by atoms with Gasteiger partial charge in [0.15, 0.2) is 0 Å². The van der Waals surface area contributed by atoms with Crippen molar-refractivity contribution in [2.24, 2.45) is 0 Å². The highest BCUT2D eigenvalue weighted by molar-refractivity contribution is 5.59. The highest BCUT2D eigenvalue weighted by atomic mass is 19.1. The van der Waals surface area contributed by atoms with E-state index < -0.39 is 0 Å². The third kappa shape index (κ3) is 3.79. The summed E-state index contributed by atoms with van der Waals surface area (Å²) in [5.41, 5.74) is 2.40. The van der Waals surface area contributed by atoms with Crippen molar-refractivity contribution in [3.05, 3.63) is 53.0 Å². The van der Waals surface area contributed by atoms with Crippen molar-refractivity contribution in [1.29, 1.82) is 5.26 Å². The number of pyridine rings is 1. The maximum atomic E-state index is 13.0. The van der Waals surface area contributed by atoms with Crippen LogP contribution in [0.25, 0.3) is 0 Å².